The van der Waals surface area contributed by atoms with E-state index in [4.69, 9.17) is 17.3 Å². The molecule has 0 saturated heterocycles. The molecule has 0 aliphatic carbocycles. The van der Waals surface area contributed by atoms with E-state index in [0.29, 0.717) is 10.6 Å². The Morgan fingerprint density at radius 2 is 1.94 bits per heavy atom. The Kier molecular flexibility index (Phi) is 4.05. The van der Waals surface area contributed by atoms with Crippen molar-refractivity contribution in [3.8, 4) is 0 Å². The largest absolute Gasteiger partial charge is 0.320 e. The molecule has 2 aromatic rings. The summed E-state index contributed by atoms with van der Waals surface area (Å²) >= 11 is 9.37. The number of hydrogen-bond acceptors (Lipinski definition) is 1. The monoisotopic (exact) mass is 327 g/mol. The second-order valence-electron chi connectivity index (χ2n) is 4.15. The van der Waals surface area contributed by atoms with Crippen molar-refractivity contribution in [2.45, 2.75) is 13.0 Å². The third kappa shape index (κ3) is 2.74. The van der Waals surface area contributed by atoms with Gasteiger partial charge < -0.3 is 5.73 Å². The molecule has 0 fully saturated rings. The molecule has 0 heterocycles. The number of hydrogen-bond donors (Lipinski definition) is 1. The molecule has 94 valence electrons. The zero-order valence-corrected chi connectivity index (χ0v) is 12.1. The highest BCUT2D eigenvalue weighted by Crippen LogP contribution is 2.27. The summed E-state index contributed by atoms with van der Waals surface area (Å²) in [4.78, 5) is 0. The Morgan fingerprint density at radius 1 is 1.22 bits per heavy atom. The van der Waals surface area contributed by atoms with Gasteiger partial charge in [0.2, 0.25) is 0 Å². The van der Waals surface area contributed by atoms with Crippen LogP contribution in [0, 0.1) is 12.7 Å². The molecule has 0 bridgehead atoms. The highest BCUT2D eigenvalue weighted by Gasteiger charge is 2.14. The van der Waals surface area contributed by atoms with Crippen molar-refractivity contribution in [3.05, 3.63) is 68.4 Å². The molecule has 1 nitrogen and oxygen atoms in total. The SMILES string of the molecule is Cc1ccc(C(N)c2cc(Br)ccc2F)cc1Cl. The third-order valence-electron chi connectivity index (χ3n) is 2.85. The summed E-state index contributed by atoms with van der Waals surface area (Å²) in [5.74, 6) is -0.317. The predicted octanol–water partition coefficient (Wildman–Crippen LogP) is 4.60. The average molecular weight is 329 g/mol. The van der Waals surface area contributed by atoms with Crippen LogP contribution in [0.15, 0.2) is 40.9 Å². The number of rotatable bonds is 2. The summed E-state index contributed by atoms with van der Waals surface area (Å²) in [7, 11) is 0. The lowest BCUT2D eigenvalue weighted by Crippen LogP contribution is -2.13. The highest BCUT2D eigenvalue weighted by atomic mass is 79.9. The molecule has 2 N–H and O–H groups in total. The maximum absolute atomic E-state index is 13.8. The van der Waals surface area contributed by atoms with Gasteiger partial charge in [-0.05, 0) is 42.3 Å². The van der Waals surface area contributed by atoms with E-state index < -0.39 is 6.04 Å². The van der Waals surface area contributed by atoms with Gasteiger partial charge in [0.25, 0.3) is 0 Å². The first-order chi connectivity index (χ1) is 8.49. The average Bonchev–Trinajstić information content (AvgIpc) is 2.35. The van der Waals surface area contributed by atoms with Gasteiger partial charge in [-0.15, -0.1) is 0 Å². The number of benzene rings is 2. The molecule has 0 spiro atoms. The molecule has 0 aromatic heterocycles. The first kappa shape index (κ1) is 13.5. The summed E-state index contributed by atoms with van der Waals surface area (Å²) in [6.45, 7) is 1.91. The highest BCUT2D eigenvalue weighted by molar-refractivity contribution is 9.10. The Balaban J connectivity index is 2.44. The molecule has 0 saturated carbocycles. The Morgan fingerprint density at radius 3 is 2.61 bits per heavy atom. The summed E-state index contributed by atoms with van der Waals surface area (Å²) in [6, 6.07) is 9.73. The molecule has 4 heteroatoms. The van der Waals surface area contributed by atoms with Gasteiger partial charge in [-0.1, -0.05) is 39.7 Å². The standard InChI is InChI=1S/C14H12BrClFN/c1-8-2-3-9(6-12(8)16)14(18)11-7-10(15)4-5-13(11)17/h2-7,14H,18H2,1H3. The number of nitrogens with two attached hydrogens (primary N) is 1. The van der Waals surface area contributed by atoms with Gasteiger partial charge in [0.05, 0.1) is 6.04 Å². The lowest BCUT2D eigenvalue weighted by molar-refractivity contribution is 0.599. The summed E-state index contributed by atoms with van der Waals surface area (Å²) < 4.78 is 14.6. The van der Waals surface area contributed by atoms with E-state index in [9.17, 15) is 4.39 Å². The van der Waals surface area contributed by atoms with Gasteiger partial charge in [-0.25, -0.2) is 4.39 Å². The number of halogens is 3. The van der Waals surface area contributed by atoms with E-state index in [1.807, 2.05) is 19.1 Å². The maximum Gasteiger partial charge on any atom is 0.128 e. The van der Waals surface area contributed by atoms with Gasteiger partial charge in [0, 0.05) is 15.1 Å². The van der Waals surface area contributed by atoms with Crippen LogP contribution in [-0.4, -0.2) is 0 Å². The molecular weight excluding hydrogens is 317 g/mol. The zero-order valence-electron chi connectivity index (χ0n) is 9.75. The van der Waals surface area contributed by atoms with Crippen LogP contribution < -0.4 is 5.73 Å². The van der Waals surface area contributed by atoms with E-state index >= 15 is 0 Å². The quantitative estimate of drug-likeness (QED) is 0.856. The first-order valence-corrected chi connectivity index (χ1v) is 6.62. The fourth-order valence-corrected chi connectivity index (χ4v) is 2.30. The summed E-state index contributed by atoms with van der Waals surface area (Å²) in [6.07, 6.45) is 0. The summed E-state index contributed by atoms with van der Waals surface area (Å²) in [5, 5.41) is 0.637. The molecule has 1 unspecified atom stereocenters. The van der Waals surface area contributed by atoms with E-state index in [1.165, 1.54) is 6.07 Å². The van der Waals surface area contributed by atoms with Crippen molar-refractivity contribution in [1.82, 2.24) is 0 Å². The van der Waals surface area contributed by atoms with E-state index in [-0.39, 0.29) is 5.82 Å². The molecule has 18 heavy (non-hydrogen) atoms. The maximum atomic E-state index is 13.8. The third-order valence-corrected chi connectivity index (χ3v) is 3.75. The second kappa shape index (κ2) is 5.39. The molecule has 0 aliphatic rings. The zero-order chi connectivity index (χ0) is 13.3. The Bertz CT molecular complexity index is 586. The lowest BCUT2D eigenvalue weighted by atomic mass is 9.98. The molecule has 2 aromatic carbocycles. The van der Waals surface area contributed by atoms with Gasteiger partial charge in [-0.2, -0.15) is 0 Å². The minimum atomic E-state index is -0.527. The smallest absolute Gasteiger partial charge is 0.128 e. The van der Waals surface area contributed by atoms with Crippen LogP contribution in [0.2, 0.25) is 5.02 Å². The first-order valence-electron chi connectivity index (χ1n) is 5.45. The minimum Gasteiger partial charge on any atom is -0.320 e. The molecule has 1 atom stereocenters. The van der Waals surface area contributed by atoms with Crippen LogP contribution in [0.5, 0.6) is 0 Å². The Hall–Kier alpha value is -0.900. The van der Waals surface area contributed by atoms with E-state index in [2.05, 4.69) is 15.9 Å². The molecule has 0 aliphatic heterocycles. The van der Waals surface area contributed by atoms with Gasteiger partial charge in [0.1, 0.15) is 5.82 Å². The van der Waals surface area contributed by atoms with Crippen molar-refractivity contribution in [2.75, 3.05) is 0 Å². The number of aryl methyl sites for hydroxylation is 1. The lowest BCUT2D eigenvalue weighted by Gasteiger charge is -2.15. The molecule has 0 amide bonds. The van der Waals surface area contributed by atoms with Gasteiger partial charge in [-0.3, -0.25) is 0 Å². The van der Waals surface area contributed by atoms with Crippen molar-refractivity contribution in [3.63, 3.8) is 0 Å². The van der Waals surface area contributed by atoms with E-state index in [1.54, 1.807) is 18.2 Å². The van der Waals surface area contributed by atoms with Crippen molar-refractivity contribution < 1.29 is 4.39 Å². The van der Waals surface area contributed by atoms with Crippen LogP contribution >= 0.6 is 27.5 Å². The van der Waals surface area contributed by atoms with Crippen LogP contribution in [0.4, 0.5) is 4.39 Å². The normalized spacial score (nSPS) is 12.5. The van der Waals surface area contributed by atoms with Crippen LogP contribution in [0.1, 0.15) is 22.7 Å². The fourth-order valence-electron chi connectivity index (χ4n) is 1.74. The second-order valence-corrected chi connectivity index (χ2v) is 5.48. The van der Waals surface area contributed by atoms with Crippen LogP contribution in [0.3, 0.4) is 0 Å². The molecular formula is C14H12BrClFN. The van der Waals surface area contributed by atoms with Gasteiger partial charge >= 0.3 is 0 Å². The topological polar surface area (TPSA) is 26.0 Å². The predicted molar refractivity (Wildman–Crippen MR) is 76.3 cm³/mol. The molecule has 2 rings (SSSR count). The van der Waals surface area contributed by atoms with E-state index in [0.717, 1.165) is 15.6 Å². The van der Waals surface area contributed by atoms with Gasteiger partial charge in [0.15, 0.2) is 0 Å². The van der Waals surface area contributed by atoms with Crippen molar-refractivity contribution in [1.29, 1.82) is 0 Å². The minimum absolute atomic E-state index is 0.317. The Labute approximate surface area is 119 Å². The van der Waals surface area contributed by atoms with Crippen LogP contribution in [0.25, 0.3) is 0 Å². The molecule has 0 radical (unpaired) electrons. The fraction of sp³-hybridized carbons (Fsp3) is 0.143. The van der Waals surface area contributed by atoms with Crippen LogP contribution in [-0.2, 0) is 0 Å². The van der Waals surface area contributed by atoms with Crippen molar-refractivity contribution >= 4 is 27.5 Å². The summed E-state index contributed by atoms with van der Waals surface area (Å²) in [5.41, 5.74) is 8.30. The van der Waals surface area contributed by atoms with Crippen molar-refractivity contribution in [2.24, 2.45) is 5.73 Å².